The van der Waals surface area contributed by atoms with E-state index < -0.39 is 58.9 Å². The van der Waals surface area contributed by atoms with E-state index in [0.717, 1.165) is 75.4 Å². The van der Waals surface area contributed by atoms with Crippen LogP contribution in [0.1, 0.15) is 51.8 Å². The molecule has 126 heavy (non-hydrogen) atoms. The number of carbonyl (C=O) groups excluding carboxylic acids is 1. The number of ketones is 1. The Morgan fingerprint density at radius 3 is 1.13 bits per heavy atom. The quantitative estimate of drug-likeness (QED) is 0.0470. The molecule has 16 rings (SSSR count). The second-order valence-electron chi connectivity index (χ2n) is 24.3. The first-order valence-corrected chi connectivity index (χ1v) is 35.6. The Hall–Kier alpha value is -12.5. The van der Waals surface area contributed by atoms with Crippen molar-refractivity contribution in [1.82, 2.24) is 60.0 Å². The zero-order chi connectivity index (χ0) is 86.9. The van der Waals surface area contributed by atoms with Crippen LogP contribution in [-0.2, 0) is 118 Å². The van der Waals surface area contributed by atoms with Crippen molar-refractivity contribution in [3.8, 4) is 90.3 Å². The van der Waals surface area contributed by atoms with Crippen molar-refractivity contribution < 1.29 is 174 Å². The normalized spacial score (nSPS) is 10.0. The molecule has 3 N–H and O–H groups in total. The number of aromatic carboxylic acids is 2. The number of carboxylic acids is 2. The average molecular weight is 2600 g/mol. The fraction of sp³-hybridized carbons (Fsp3) is 0.0538. The molecule has 0 aliphatic rings. The summed E-state index contributed by atoms with van der Waals surface area (Å²) in [7, 11) is 0. The van der Waals surface area contributed by atoms with Crippen molar-refractivity contribution in [2.75, 3.05) is 0 Å². The molecule has 0 saturated heterocycles. The maximum Gasteiger partial charge on any atom is 0.429 e. The summed E-state index contributed by atoms with van der Waals surface area (Å²) in [5.41, 5.74) is 9.98. The van der Waals surface area contributed by atoms with Gasteiger partial charge in [0, 0.05) is 191 Å². The number of carbonyl (C=O) groups is 3. The number of rotatable bonds is 11. The molecule has 33 heteroatoms. The van der Waals surface area contributed by atoms with E-state index in [1.807, 2.05) is 121 Å². The molecular weight excluding hydrogens is 2530 g/mol. The fourth-order valence-electron chi connectivity index (χ4n) is 9.81. The summed E-state index contributed by atoms with van der Waals surface area (Å²) in [6.07, 6.45) is 4.81. The van der Waals surface area contributed by atoms with Gasteiger partial charge >= 0.3 is 24.3 Å². The first-order valence-electron chi connectivity index (χ1n) is 35.6. The van der Waals surface area contributed by atoms with E-state index in [4.69, 9.17) is 25.3 Å². The van der Waals surface area contributed by atoms with Crippen molar-refractivity contribution in [3.05, 3.63) is 416 Å². The van der Waals surface area contributed by atoms with Gasteiger partial charge in [0.1, 0.15) is 17.2 Å². The number of benzene rings is 7. The van der Waals surface area contributed by atoms with Gasteiger partial charge in [-0.15, -0.1) is 125 Å². The molecule has 9 heterocycles. The van der Waals surface area contributed by atoms with Crippen LogP contribution < -0.4 is 5.10 Å². The third-order valence-corrected chi connectivity index (χ3v) is 15.1. The largest absolute Gasteiger partial charge is 0.512 e. The summed E-state index contributed by atoms with van der Waals surface area (Å²) in [6, 6.07) is 91.7. The first-order chi connectivity index (χ1) is 58.2. The van der Waals surface area contributed by atoms with Crippen molar-refractivity contribution in [1.29, 1.82) is 0 Å². The Balaban J connectivity index is 0.000000371. The maximum atomic E-state index is 13.2. The SMILES string of the molecule is CC(=O)C=C(C)O.Cc1cc(-c2ccccn2)[c-]c(C(F)(F)F)c1.FC(F)(F)c1n[n-]c(-c2ccccn2)n1.Fc1c[c-]c(-c2ccccn2)c(F)c1.Fc1c[c-]c(-c2ccccn2)c(F)c1.O=C(O)c1ccccn1.O=C(O)c1ccccn1.[Ir].[Ir].[Ir].[Ir].[Ir].[c-]1ccccc1-c1ccccn1.[c-]1ccccc1-c1ncc(-c2ccccc2)nc1-c1ccccc1. The van der Waals surface area contributed by atoms with Gasteiger partial charge in [0.25, 0.3) is 0 Å². The number of nitrogens with zero attached hydrogens (tertiary/aromatic N) is 12. The summed E-state index contributed by atoms with van der Waals surface area (Å²) < 4.78 is 126. The van der Waals surface area contributed by atoms with Crippen molar-refractivity contribution >= 4 is 17.7 Å². The second kappa shape index (κ2) is 56.4. The Morgan fingerprint density at radius 2 is 0.786 bits per heavy atom. The van der Waals surface area contributed by atoms with Crippen molar-refractivity contribution in [3.63, 3.8) is 0 Å². The third-order valence-electron chi connectivity index (χ3n) is 15.1. The monoisotopic (exact) mass is 2600 g/mol. The molecule has 5 radical (unpaired) electrons. The maximum absolute atomic E-state index is 13.2. The van der Waals surface area contributed by atoms with Crippen LogP contribution in [0.25, 0.3) is 90.3 Å². The average Bonchev–Trinajstić information content (AvgIpc) is 1.00. The summed E-state index contributed by atoms with van der Waals surface area (Å²) in [4.78, 5) is 70.2. The number of aliphatic hydroxyl groups excluding tert-OH is 1. The van der Waals surface area contributed by atoms with Gasteiger partial charge in [-0.3, -0.25) is 37.4 Å². The van der Waals surface area contributed by atoms with Gasteiger partial charge in [-0.05, 0) is 114 Å². The summed E-state index contributed by atoms with van der Waals surface area (Å²) in [5.74, 6) is -5.98. The Morgan fingerprint density at radius 1 is 0.389 bits per heavy atom. The molecule has 0 saturated carbocycles. The molecule has 0 amide bonds. The number of carboxylic acid groups (broad SMARTS) is 2. The van der Waals surface area contributed by atoms with Gasteiger partial charge < -0.3 is 50.3 Å². The summed E-state index contributed by atoms with van der Waals surface area (Å²) >= 11 is 0. The molecule has 0 bridgehead atoms. The van der Waals surface area contributed by atoms with E-state index in [1.165, 1.54) is 56.7 Å². The van der Waals surface area contributed by atoms with E-state index >= 15 is 0 Å². The third kappa shape index (κ3) is 37.1. The van der Waals surface area contributed by atoms with Crippen LogP contribution in [0.15, 0.2) is 334 Å². The first kappa shape index (κ1) is 108. The number of allylic oxidation sites excluding steroid dienone is 2. The molecule has 0 atom stereocenters. The van der Waals surface area contributed by atoms with E-state index in [-0.39, 0.29) is 146 Å². The molecule has 16 aromatic rings. The minimum absolute atomic E-state index is 0. The predicted molar refractivity (Wildman–Crippen MR) is 434 cm³/mol. The van der Waals surface area contributed by atoms with E-state index in [2.05, 4.69) is 92.5 Å². The zero-order valence-corrected chi connectivity index (χ0v) is 77.5. The van der Waals surface area contributed by atoms with Crippen LogP contribution in [-0.4, -0.2) is 88.0 Å². The summed E-state index contributed by atoms with van der Waals surface area (Å²) in [6.45, 7) is 4.47. The topological polar surface area (TPSA) is 268 Å². The van der Waals surface area contributed by atoms with Gasteiger partial charge in [-0.2, -0.15) is 26.3 Å². The van der Waals surface area contributed by atoms with Crippen LogP contribution in [0, 0.1) is 60.5 Å². The number of hydrogen-bond acceptors (Lipinski definition) is 15. The standard InChI is InChI=1S/C22H15N2.C13H9F3N.2C11H6F2N.C11H8N.C8H4F3N4.2C6H5NO2.C5H8O2.5Ir/c1-4-10-17(11-5-1)20-16-23-21(18-12-6-2-7-13-18)22(24-20)19-14-8-3-9-15-19;1-9-6-10(12-4-2-3-5-17-12)8-11(7-9)13(14,15)16;2*12-8-4-5-9(10(13)7-8)11-3-1-2-6-14-11;1-2-6-10(7-3-1)11-8-4-5-9-12-11;9-8(10,11)7-13-6(14-15-7)5-3-1-2-4-12-5;2*8-6(9)5-3-1-2-4-7-5;1-4(6)3-5(2)7;;;;;/h1-12,14-16H;2-7H,1H3;2*1-4,6-7H;1-6,8-9H;1-4H;2*1-4H,(H,8,9);3,6H,1-2H3;;;;;/q6*-1;;;;;;;;. The molecule has 7 aromatic carbocycles. The number of halogens is 10. The number of aromatic nitrogens is 12. The van der Waals surface area contributed by atoms with Crippen molar-refractivity contribution in [2.24, 2.45) is 0 Å². The predicted octanol–water partition coefficient (Wildman–Crippen LogP) is 21.5. The minimum Gasteiger partial charge on any atom is -0.512 e. The Bertz CT molecular complexity index is 5710. The van der Waals surface area contributed by atoms with Gasteiger partial charge in [-0.1, -0.05) is 158 Å². The smallest absolute Gasteiger partial charge is 0.429 e. The molecule has 0 fully saturated rings. The van der Waals surface area contributed by atoms with E-state index in [0.29, 0.717) is 28.2 Å². The van der Waals surface area contributed by atoms with Gasteiger partial charge in [-0.25, -0.2) is 19.6 Å². The van der Waals surface area contributed by atoms with Crippen LogP contribution in [0.4, 0.5) is 43.9 Å². The molecule has 655 valence electrons. The molecule has 9 aromatic heterocycles. The molecule has 0 aliphatic carbocycles. The van der Waals surface area contributed by atoms with E-state index in [9.17, 15) is 58.3 Å². The van der Waals surface area contributed by atoms with Crippen LogP contribution in [0.5, 0.6) is 0 Å². The van der Waals surface area contributed by atoms with Gasteiger partial charge in [0.15, 0.2) is 5.78 Å². The molecule has 0 spiro atoms. The number of aliphatic hydroxyl groups is 1. The van der Waals surface area contributed by atoms with E-state index in [1.54, 1.807) is 129 Å². The number of alkyl halides is 6. The number of pyridine rings is 7. The van der Waals surface area contributed by atoms with Crippen LogP contribution in [0.3, 0.4) is 0 Å². The zero-order valence-electron chi connectivity index (χ0n) is 65.6. The number of hydrogen-bond donors (Lipinski definition) is 3. The molecule has 18 nitrogen and oxygen atoms in total. The molecule has 0 aliphatic heterocycles. The Kier molecular flexibility index (Phi) is 48.2. The minimum atomic E-state index is -4.57. The summed E-state index contributed by atoms with van der Waals surface area (Å²) in [5, 5.41) is 31.3. The van der Waals surface area contributed by atoms with Gasteiger partial charge in [0.2, 0.25) is 0 Å². The van der Waals surface area contributed by atoms with Crippen LogP contribution in [0.2, 0.25) is 0 Å². The Labute approximate surface area is 785 Å². The van der Waals surface area contributed by atoms with Crippen molar-refractivity contribution in [2.45, 2.75) is 33.1 Å². The number of aryl methyl sites for hydroxylation is 1. The molecular formula is C93H66F10Ir5N12O6-6. The second-order valence-corrected chi connectivity index (χ2v) is 24.3. The molecule has 0 unspecified atom stereocenters. The van der Waals surface area contributed by atoms with Crippen LogP contribution >= 0.6 is 0 Å². The van der Waals surface area contributed by atoms with Gasteiger partial charge in [0.05, 0.1) is 22.8 Å². The fourth-order valence-corrected chi connectivity index (χ4v) is 9.81.